The molecule has 0 spiro atoms. The van der Waals surface area contributed by atoms with Gasteiger partial charge >= 0.3 is 0 Å². The fourth-order valence-electron chi connectivity index (χ4n) is 2.79. The number of carbonyl (C=O) groups is 1. The number of nitriles is 1. The van der Waals surface area contributed by atoms with Crippen LogP contribution in [0.5, 0.6) is 0 Å². The van der Waals surface area contributed by atoms with Crippen LogP contribution in [0.25, 0.3) is 0 Å². The van der Waals surface area contributed by atoms with Crippen LogP contribution in [0.2, 0.25) is 5.02 Å². The molecule has 0 bridgehead atoms. The van der Waals surface area contributed by atoms with Gasteiger partial charge in [0.15, 0.2) is 0 Å². The van der Waals surface area contributed by atoms with Gasteiger partial charge in [-0.15, -0.1) is 0 Å². The quantitative estimate of drug-likeness (QED) is 0.844. The lowest BCUT2D eigenvalue weighted by Crippen LogP contribution is -2.54. The second kappa shape index (κ2) is 8.66. The van der Waals surface area contributed by atoms with Crippen LogP contribution in [0, 0.1) is 17.2 Å². The normalized spacial score (nSPS) is 18.6. The Kier molecular flexibility index (Phi) is 6.83. The third-order valence-corrected chi connectivity index (χ3v) is 5.19. The van der Waals surface area contributed by atoms with E-state index < -0.39 is 5.54 Å². The predicted molar refractivity (Wildman–Crippen MR) is 100 cm³/mol. The zero-order valence-electron chi connectivity index (χ0n) is 15.3. The maximum Gasteiger partial charge on any atom is 0.235 e. The van der Waals surface area contributed by atoms with E-state index in [9.17, 15) is 10.1 Å². The minimum atomic E-state index is -0.812. The molecule has 2 rings (SSSR count). The van der Waals surface area contributed by atoms with Crippen LogP contribution in [0.1, 0.15) is 26.3 Å². The molecule has 1 unspecified atom stereocenters. The maximum absolute atomic E-state index is 12.3. The summed E-state index contributed by atoms with van der Waals surface area (Å²) in [5.74, 6) is -0.0124. The molecule has 1 heterocycles. The summed E-state index contributed by atoms with van der Waals surface area (Å²) in [5, 5.41) is 12.9. The van der Waals surface area contributed by atoms with Crippen molar-refractivity contribution in [1.29, 1.82) is 5.26 Å². The van der Waals surface area contributed by atoms with E-state index >= 15 is 0 Å². The molecule has 0 saturated carbocycles. The van der Waals surface area contributed by atoms with Crippen molar-refractivity contribution in [3.63, 3.8) is 0 Å². The molecule has 0 radical (unpaired) electrons. The van der Waals surface area contributed by atoms with Gasteiger partial charge in [0.2, 0.25) is 5.91 Å². The Hall–Kier alpha value is -1.61. The summed E-state index contributed by atoms with van der Waals surface area (Å²) >= 11 is 5.92. The van der Waals surface area contributed by atoms with Gasteiger partial charge < -0.3 is 5.32 Å². The molecule has 6 heteroatoms. The number of amides is 1. The second-order valence-corrected chi connectivity index (χ2v) is 7.63. The molecule has 1 atom stereocenters. The van der Waals surface area contributed by atoms with Crippen LogP contribution >= 0.6 is 11.6 Å². The average molecular weight is 363 g/mol. The van der Waals surface area contributed by atoms with E-state index in [0.29, 0.717) is 6.54 Å². The number of nitrogens with zero attached hydrogens (tertiary/aromatic N) is 3. The largest absolute Gasteiger partial charge is 0.337 e. The summed E-state index contributed by atoms with van der Waals surface area (Å²) in [6.07, 6.45) is 0. The first-order valence-electron chi connectivity index (χ1n) is 8.74. The molecule has 1 aromatic rings. The monoisotopic (exact) mass is 362 g/mol. The molecule has 1 N–H and O–H groups in total. The summed E-state index contributed by atoms with van der Waals surface area (Å²) in [6.45, 7) is 10.5. The molecule has 0 aromatic heterocycles. The minimum Gasteiger partial charge on any atom is -0.337 e. The number of piperazine rings is 1. The number of nitrogens with one attached hydrogen (secondary N) is 1. The van der Waals surface area contributed by atoms with Gasteiger partial charge in [-0.2, -0.15) is 5.26 Å². The highest BCUT2D eigenvalue weighted by Crippen LogP contribution is 2.15. The lowest BCUT2D eigenvalue weighted by atomic mass is 9.90. The Balaban J connectivity index is 1.77. The fraction of sp³-hybridized carbons (Fsp3) is 0.579. The smallest absolute Gasteiger partial charge is 0.235 e. The molecule has 1 amide bonds. The highest BCUT2D eigenvalue weighted by Gasteiger charge is 2.30. The molecule has 136 valence electrons. The van der Waals surface area contributed by atoms with E-state index in [1.165, 1.54) is 5.56 Å². The van der Waals surface area contributed by atoms with E-state index in [-0.39, 0.29) is 11.8 Å². The molecule has 1 aliphatic rings. The van der Waals surface area contributed by atoms with Crippen LogP contribution in [0.15, 0.2) is 24.3 Å². The number of hydrogen-bond donors (Lipinski definition) is 1. The first-order chi connectivity index (χ1) is 11.8. The van der Waals surface area contributed by atoms with Crippen molar-refractivity contribution >= 4 is 17.5 Å². The van der Waals surface area contributed by atoms with Gasteiger partial charge in [-0.05, 0) is 30.5 Å². The standard InChI is InChI=1S/C19H27ClN4O/c1-15(2)19(3,14-21)22-18(25)13-24-10-8-23(9-11-24)12-16-4-6-17(20)7-5-16/h4-7,15H,8-13H2,1-3H3,(H,22,25). The van der Waals surface area contributed by atoms with Gasteiger partial charge in [-0.25, -0.2) is 0 Å². The summed E-state index contributed by atoms with van der Waals surface area (Å²) < 4.78 is 0. The zero-order valence-corrected chi connectivity index (χ0v) is 16.0. The van der Waals surface area contributed by atoms with Crippen LogP contribution in [-0.2, 0) is 11.3 Å². The summed E-state index contributed by atoms with van der Waals surface area (Å²) in [5.41, 5.74) is 0.435. The van der Waals surface area contributed by atoms with Gasteiger partial charge in [0.1, 0.15) is 5.54 Å². The van der Waals surface area contributed by atoms with E-state index in [1.807, 2.05) is 26.0 Å². The second-order valence-electron chi connectivity index (χ2n) is 7.20. The van der Waals surface area contributed by atoms with Crippen molar-refractivity contribution in [3.05, 3.63) is 34.9 Å². The Morgan fingerprint density at radius 2 is 1.80 bits per heavy atom. The number of rotatable bonds is 6. The molecular weight excluding hydrogens is 336 g/mol. The molecule has 1 saturated heterocycles. The van der Waals surface area contributed by atoms with Crippen molar-refractivity contribution in [2.75, 3.05) is 32.7 Å². The third kappa shape index (κ3) is 5.71. The molecule has 1 aliphatic heterocycles. The number of hydrogen-bond acceptors (Lipinski definition) is 4. The highest BCUT2D eigenvalue weighted by molar-refractivity contribution is 6.30. The van der Waals surface area contributed by atoms with E-state index in [1.54, 1.807) is 6.92 Å². The van der Waals surface area contributed by atoms with E-state index in [2.05, 4.69) is 33.3 Å². The van der Waals surface area contributed by atoms with Gasteiger partial charge in [-0.3, -0.25) is 14.6 Å². The van der Waals surface area contributed by atoms with Crippen molar-refractivity contribution in [3.8, 4) is 6.07 Å². The van der Waals surface area contributed by atoms with Crippen molar-refractivity contribution in [1.82, 2.24) is 15.1 Å². The van der Waals surface area contributed by atoms with Gasteiger partial charge in [0.05, 0.1) is 12.6 Å². The number of halogens is 1. The van der Waals surface area contributed by atoms with Gasteiger partial charge in [0, 0.05) is 37.7 Å². The first kappa shape index (κ1) is 19.7. The SMILES string of the molecule is CC(C)C(C)(C#N)NC(=O)CN1CCN(Cc2ccc(Cl)cc2)CC1. The third-order valence-electron chi connectivity index (χ3n) is 4.94. The number of carbonyl (C=O) groups excluding carboxylic acids is 1. The molecule has 25 heavy (non-hydrogen) atoms. The molecular formula is C19H27ClN4O. The Bertz CT molecular complexity index is 617. The van der Waals surface area contributed by atoms with Crippen LogP contribution in [0.3, 0.4) is 0 Å². The fourth-order valence-corrected chi connectivity index (χ4v) is 2.91. The molecule has 5 nitrogen and oxygen atoms in total. The van der Waals surface area contributed by atoms with Crippen molar-refractivity contribution in [2.45, 2.75) is 32.9 Å². The average Bonchev–Trinajstić information content (AvgIpc) is 2.58. The summed E-state index contributed by atoms with van der Waals surface area (Å²) in [6, 6.07) is 10.2. The lowest BCUT2D eigenvalue weighted by Gasteiger charge is -2.35. The zero-order chi connectivity index (χ0) is 18.4. The Morgan fingerprint density at radius 1 is 1.24 bits per heavy atom. The topological polar surface area (TPSA) is 59.4 Å². The van der Waals surface area contributed by atoms with Gasteiger partial charge in [-0.1, -0.05) is 37.6 Å². The molecule has 0 aliphatic carbocycles. The molecule has 1 aromatic carbocycles. The minimum absolute atomic E-state index is 0.0673. The van der Waals surface area contributed by atoms with Crippen LogP contribution in [0.4, 0.5) is 0 Å². The maximum atomic E-state index is 12.3. The van der Waals surface area contributed by atoms with E-state index in [0.717, 1.165) is 37.7 Å². The van der Waals surface area contributed by atoms with E-state index in [4.69, 9.17) is 11.6 Å². The first-order valence-corrected chi connectivity index (χ1v) is 9.11. The lowest BCUT2D eigenvalue weighted by molar-refractivity contribution is -0.124. The Labute approximate surface area is 155 Å². The van der Waals surface area contributed by atoms with Gasteiger partial charge in [0.25, 0.3) is 0 Å². The molecule has 1 fully saturated rings. The highest BCUT2D eigenvalue weighted by atomic mass is 35.5. The van der Waals surface area contributed by atoms with Crippen molar-refractivity contribution < 1.29 is 4.79 Å². The number of benzene rings is 1. The van der Waals surface area contributed by atoms with Crippen LogP contribution < -0.4 is 5.32 Å². The van der Waals surface area contributed by atoms with Crippen molar-refractivity contribution in [2.24, 2.45) is 5.92 Å². The predicted octanol–water partition coefficient (Wildman–Crippen LogP) is 2.51. The van der Waals surface area contributed by atoms with Crippen LogP contribution in [-0.4, -0.2) is 54.0 Å². The Morgan fingerprint density at radius 3 is 2.32 bits per heavy atom. The summed E-state index contributed by atoms with van der Waals surface area (Å²) in [7, 11) is 0. The summed E-state index contributed by atoms with van der Waals surface area (Å²) in [4.78, 5) is 16.8.